The lowest BCUT2D eigenvalue weighted by Crippen LogP contribution is -2.22. The topological polar surface area (TPSA) is 34.1 Å². The lowest BCUT2D eigenvalue weighted by molar-refractivity contribution is -0.114. The number of hydrogen-bond acceptors (Lipinski definition) is 6. The highest BCUT2D eigenvalue weighted by Crippen LogP contribution is 2.47. The molecule has 0 aromatic rings. The molecule has 2 nitrogen and oxygen atoms in total. The van der Waals surface area contributed by atoms with Crippen LogP contribution in [-0.2, 0) is 9.59 Å². The molecule has 0 aromatic heterocycles. The van der Waals surface area contributed by atoms with Crippen LogP contribution in [0.5, 0.6) is 0 Å². The van der Waals surface area contributed by atoms with Crippen molar-refractivity contribution in [3.63, 3.8) is 0 Å². The van der Waals surface area contributed by atoms with Gasteiger partial charge in [-0.15, -0.1) is 47.0 Å². The summed E-state index contributed by atoms with van der Waals surface area (Å²) in [6.45, 7) is 16.5. The minimum absolute atomic E-state index is 0.0401. The molecule has 0 unspecified atom stereocenters. The number of hydrogen-bond donors (Lipinski definition) is 0. The lowest BCUT2D eigenvalue weighted by Gasteiger charge is -2.25. The van der Waals surface area contributed by atoms with Gasteiger partial charge in [0.2, 0.25) is 11.6 Å². The van der Waals surface area contributed by atoms with E-state index in [-0.39, 0.29) is 32.6 Å². The number of Topliss-reactive ketones (excluding diaryl/α,β-unsaturated/α-hetero) is 2. The van der Waals surface area contributed by atoms with E-state index >= 15 is 0 Å². The van der Waals surface area contributed by atoms with Gasteiger partial charge >= 0.3 is 0 Å². The van der Waals surface area contributed by atoms with E-state index in [4.69, 9.17) is 0 Å². The summed E-state index contributed by atoms with van der Waals surface area (Å²) in [7, 11) is 0. The molecular weight excluding hydrogens is 376 g/mol. The van der Waals surface area contributed by atoms with Crippen molar-refractivity contribution in [2.75, 3.05) is 0 Å². The Balaban J connectivity index is 3.44. The van der Waals surface area contributed by atoms with Crippen molar-refractivity contribution in [2.24, 2.45) is 0 Å². The molecule has 0 bridgehead atoms. The van der Waals surface area contributed by atoms with Crippen molar-refractivity contribution >= 4 is 58.6 Å². The minimum atomic E-state index is 0.0401. The Morgan fingerprint density at radius 1 is 0.458 bits per heavy atom. The highest BCUT2D eigenvalue weighted by molar-refractivity contribution is 8.11. The molecule has 1 aliphatic rings. The molecule has 0 amide bonds. The zero-order valence-electron chi connectivity index (χ0n) is 15.8. The zero-order valence-corrected chi connectivity index (χ0v) is 19.0. The second kappa shape index (κ2) is 9.79. The summed E-state index contributed by atoms with van der Waals surface area (Å²) in [5.41, 5.74) is 0. The van der Waals surface area contributed by atoms with Crippen LogP contribution >= 0.6 is 47.0 Å². The van der Waals surface area contributed by atoms with Crippen molar-refractivity contribution in [3.8, 4) is 0 Å². The fourth-order valence-corrected chi connectivity index (χ4v) is 6.22. The zero-order chi connectivity index (χ0) is 18.6. The minimum Gasteiger partial charge on any atom is -0.287 e. The van der Waals surface area contributed by atoms with E-state index in [1.165, 1.54) is 47.0 Å². The summed E-state index contributed by atoms with van der Waals surface area (Å²) in [4.78, 5) is 29.0. The van der Waals surface area contributed by atoms with Gasteiger partial charge in [-0.05, 0) is 0 Å². The third-order valence-corrected chi connectivity index (χ3v) is 7.30. The van der Waals surface area contributed by atoms with E-state index < -0.39 is 0 Å². The van der Waals surface area contributed by atoms with E-state index in [0.29, 0.717) is 19.6 Å². The van der Waals surface area contributed by atoms with Crippen LogP contribution in [0.3, 0.4) is 0 Å². The third-order valence-electron chi connectivity index (χ3n) is 2.65. The molecule has 1 rings (SSSR count). The Morgan fingerprint density at radius 2 is 0.625 bits per heavy atom. The highest BCUT2D eigenvalue weighted by atomic mass is 32.2. The molecule has 136 valence electrons. The fraction of sp³-hybridized carbons (Fsp3) is 0.667. The van der Waals surface area contributed by atoms with Gasteiger partial charge in [0.15, 0.2) is 0 Å². The molecule has 0 saturated carbocycles. The first kappa shape index (κ1) is 22.3. The lowest BCUT2D eigenvalue weighted by atomic mass is 10.1. The first-order valence-electron chi connectivity index (χ1n) is 8.29. The first-order valence-corrected chi connectivity index (χ1v) is 11.8. The fourth-order valence-electron chi connectivity index (χ4n) is 1.99. The Morgan fingerprint density at radius 3 is 0.750 bits per heavy atom. The van der Waals surface area contributed by atoms with Gasteiger partial charge in [0, 0.05) is 21.0 Å². The predicted molar refractivity (Wildman–Crippen MR) is 115 cm³/mol. The van der Waals surface area contributed by atoms with Gasteiger partial charge in [0.05, 0.1) is 19.6 Å². The largest absolute Gasteiger partial charge is 0.287 e. The second-order valence-corrected chi connectivity index (χ2v) is 13.0. The summed E-state index contributed by atoms with van der Waals surface area (Å²) in [6, 6.07) is 0. The molecule has 0 atom stereocenters. The number of allylic oxidation sites excluding steroid dienone is 4. The molecule has 0 aliphatic heterocycles. The maximum atomic E-state index is 13.2. The standard InChI is InChI=1S/C18H28O2S4/c1-9(2)21-15-13(19)17(23-11(5)6)18(24-12(7)8)14(20)16(15)22-10(3)4/h9-12H,1-8H3. The van der Waals surface area contributed by atoms with E-state index in [1.54, 1.807) is 0 Å². The van der Waals surface area contributed by atoms with Crippen LogP contribution in [0, 0.1) is 0 Å². The van der Waals surface area contributed by atoms with E-state index in [2.05, 4.69) is 55.4 Å². The summed E-state index contributed by atoms with van der Waals surface area (Å²) in [5, 5.41) is 1.07. The quantitative estimate of drug-likeness (QED) is 0.453. The number of ketones is 2. The summed E-state index contributed by atoms with van der Waals surface area (Å²) >= 11 is 6.08. The highest BCUT2D eigenvalue weighted by Gasteiger charge is 2.37. The summed E-state index contributed by atoms with van der Waals surface area (Å²) < 4.78 is 0. The van der Waals surface area contributed by atoms with Crippen molar-refractivity contribution < 1.29 is 9.59 Å². The summed E-state index contributed by atoms with van der Waals surface area (Å²) in [5.74, 6) is 0.0802. The maximum Gasteiger partial charge on any atom is 0.208 e. The van der Waals surface area contributed by atoms with Gasteiger partial charge in [-0.1, -0.05) is 55.4 Å². The predicted octanol–water partition coefficient (Wildman–Crippen LogP) is 6.13. The van der Waals surface area contributed by atoms with Gasteiger partial charge in [0.1, 0.15) is 0 Å². The van der Waals surface area contributed by atoms with Crippen molar-refractivity contribution in [3.05, 3.63) is 19.6 Å². The first-order chi connectivity index (χ1) is 11.0. The molecule has 24 heavy (non-hydrogen) atoms. The van der Waals surface area contributed by atoms with E-state index in [9.17, 15) is 9.59 Å². The van der Waals surface area contributed by atoms with Crippen LogP contribution in [0.15, 0.2) is 19.6 Å². The molecular formula is C18H28O2S4. The average Bonchev–Trinajstić information content (AvgIpc) is 2.42. The van der Waals surface area contributed by atoms with Gasteiger partial charge in [0.25, 0.3) is 0 Å². The van der Waals surface area contributed by atoms with E-state index in [0.717, 1.165) is 0 Å². The van der Waals surface area contributed by atoms with Gasteiger partial charge < -0.3 is 0 Å². The van der Waals surface area contributed by atoms with Crippen molar-refractivity contribution in [1.82, 2.24) is 0 Å². The van der Waals surface area contributed by atoms with E-state index in [1.807, 2.05) is 0 Å². The molecule has 0 N–H and O–H groups in total. The van der Waals surface area contributed by atoms with Crippen LogP contribution < -0.4 is 0 Å². The normalized spacial score (nSPS) is 16.7. The molecule has 0 spiro atoms. The van der Waals surface area contributed by atoms with Gasteiger partial charge in [-0.2, -0.15) is 0 Å². The van der Waals surface area contributed by atoms with Crippen LogP contribution in [0.25, 0.3) is 0 Å². The van der Waals surface area contributed by atoms with Crippen LogP contribution in [-0.4, -0.2) is 32.6 Å². The Kier molecular flexibility index (Phi) is 9.08. The maximum absolute atomic E-state index is 13.2. The smallest absolute Gasteiger partial charge is 0.208 e. The molecule has 1 aliphatic carbocycles. The number of carbonyl (C=O) groups excluding carboxylic acids is 2. The Hall–Kier alpha value is 0.220. The summed E-state index contributed by atoms with van der Waals surface area (Å²) in [6.07, 6.45) is 0. The van der Waals surface area contributed by atoms with Gasteiger partial charge in [-0.25, -0.2) is 0 Å². The molecule has 0 radical (unpaired) electrons. The van der Waals surface area contributed by atoms with Gasteiger partial charge in [-0.3, -0.25) is 9.59 Å². The molecule has 0 fully saturated rings. The Labute approximate surface area is 163 Å². The monoisotopic (exact) mass is 404 g/mol. The van der Waals surface area contributed by atoms with Crippen LogP contribution in [0.4, 0.5) is 0 Å². The number of rotatable bonds is 8. The third kappa shape index (κ3) is 6.19. The van der Waals surface area contributed by atoms with Crippen LogP contribution in [0.1, 0.15) is 55.4 Å². The molecule has 0 heterocycles. The van der Waals surface area contributed by atoms with Crippen LogP contribution in [0.2, 0.25) is 0 Å². The number of carbonyl (C=O) groups is 2. The van der Waals surface area contributed by atoms with Crippen molar-refractivity contribution in [2.45, 2.75) is 76.4 Å². The molecule has 0 saturated heterocycles. The number of thioether (sulfide) groups is 4. The average molecular weight is 405 g/mol. The molecule has 6 heteroatoms. The van der Waals surface area contributed by atoms with Crippen molar-refractivity contribution in [1.29, 1.82) is 0 Å². The molecule has 0 aromatic carbocycles. The second-order valence-electron chi connectivity index (χ2n) is 6.64. The Bertz CT molecular complexity index is 463. The SMILES string of the molecule is CC(C)SC1=C(SC(C)C)C(=O)C(SC(C)C)=C(SC(C)C)C1=O.